The van der Waals surface area contributed by atoms with Gasteiger partial charge in [-0.25, -0.2) is 4.39 Å². The molecule has 2 heteroatoms. The molecule has 0 bridgehead atoms. The third kappa shape index (κ3) is 1.55. The van der Waals surface area contributed by atoms with Gasteiger partial charge in [-0.1, -0.05) is 19.1 Å². The molecule has 0 aliphatic heterocycles. The monoisotopic (exact) mass is 194 g/mol. The Morgan fingerprint density at radius 2 is 2.21 bits per heavy atom. The van der Waals surface area contributed by atoms with Crippen LogP contribution in [0.25, 0.3) is 0 Å². The van der Waals surface area contributed by atoms with Crippen molar-refractivity contribution in [1.29, 1.82) is 0 Å². The zero-order valence-corrected chi connectivity index (χ0v) is 8.33. The van der Waals surface area contributed by atoms with Gasteiger partial charge >= 0.3 is 0 Å². The highest BCUT2D eigenvalue weighted by atomic mass is 19.1. The quantitative estimate of drug-likeness (QED) is 0.784. The summed E-state index contributed by atoms with van der Waals surface area (Å²) < 4.78 is 12.9. The van der Waals surface area contributed by atoms with Crippen LogP contribution in [0.3, 0.4) is 0 Å². The molecule has 0 aromatic heterocycles. The summed E-state index contributed by atoms with van der Waals surface area (Å²) in [5.74, 6) is -0.270. The van der Waals surface area contributed by atoms with Gasteiger partial charge in [0.05, 0.1) is 6.10 Å². The van der Waals surface area contributed by atoms with Crippen molar-refractivity contribution >= 4 is 0 Å². The Morgan fingerprint density at radius 1 is 1.50 bits per heavy atom. The molecule has 1 atom stereocenters. The summed E-state index contributed by atoms with van der Waals surface area (Å²) in [6.07, 6.45) is 2.58. The van der Waals surface area contributed by atoms with Crippen LogP contribution in [0.5, 0.6) is 0 Å². The predicted octanol–water partition coefficient (Wildman–Crippen LogP) is 3.05. The van der Waals surface area contributed by atoms with E-state index in [9.17, 15) is 9.50 Å². The van der Waals surface area contributed by atoms with E-state index >= 15 is 0 Å². The maximum absolute atomic E-state index is 12.9. The first-order valence-electron chi connectivity index (χ1n) is 5.11. The van der Waals surface area contributed by atoms with E-state index in [1.54, 1.807) is 12.1 Å². The van der Waals surface area contributed by atoms with Gasteiger partial charge in [-0.15, -0.1) is 0 Å². The minimum atomic E-state index is -0.497. The third-order valence-electron chi connectivity index (χ3n) is 3.34. The van der Waals surface area contributed by atoms with E-state index in [0.717, 1.165) is 19.3 Å². The zero-order valence-electron chi connectivity index (χ0n) is 8.33. The molecule has 1 unspecified atom stereocenters. The number of hydrogen-bond acceptors (Lipinski definition) is 1. The van der Waals surface area contributed by atoms with Crippen LogP contribution in [-0.4, -0.2) is 5.11 Å². The fraction of sp³-hybridized carbons (Fsp3) is 0.500. The molecule has 2 rings (SSSR count). The van der Waals surface area contributed by atoms with E-state index in [1.807, 2.05) is 0 Å². The minimum Gasteiger partial charge on any atom is -0.388 e. The predicted molar refractivity (Wildman–Crippen MR) is 53.3 cm³/mol. The number of halogens is 1. The molecular weight excluding hydrogens is 179 g/mol. The maximum Gasteiger partial charge on any atom is 0.123 e. The molecular formula is C12H15FO. The number of benzene rings is 1. The first-order chi connectivity index (χ1) is 6.68. The van der Waals surface area contributed by atoms with Crippen molar-refractivity contribution in [2.75, 3.05) is 0 Å². The van der Waals surface area contributed by atoms with Crippen LogP contribution in [0.1, 0.15) is 37.9 Å². The normalized spacial score (nSPS) is 20.5. The molecule has 0 amide bonds. The van der Waals surface area contributed by atoms with Crippen molar-refractivity contribution in [2.24, 2.45) is 5.41 Å². The highest BCUT2D eigenvalue weighted by molar-refractivity contribution is 5.22. The molecule has 1 aliphatic rings. The lowest BCUT2D eigenvalue weighted by atomic mass is 9.90. The van der Waals surface area contributed by atoms with Crippen LogP contribution >= 0.6 is 0 Å². The first kappa shape index (κ1) is 9.66. The first-order valence-corrected chi connectivity index (χ1v) is 5.11. The van der Waals surface area contributed by atoms with Gasteiger partial charge in [0, 0.05) is 5.41 Å². The van der Waals surface area contributed by atoms with Crippen molar-refractivity contribution in [3.8, 4) is 0 Å². The van der Waals surface area contributed by atoms with E-state index < -0.39 is 6.10 Å². The van der Waals surface area contributed by atoms with Gasteiger partial charge in [-0.3, -0.25) is 0 Å². The van der Waals surface area contributed by atoms with E-state index in [0.29, 0.717) is 5.56 Å². The summed E-state index contributed by atoms with van der Waals surface area (Å²) in [5.41, 5.74) is 0.748. The topological polar surface area (TPSA) is 20.2 Å². The van der Waals surface area contributed by atoms with Crippen molar-refractivity contribution in [1.82, 2.24) is 0 Å². The van der Waals surface area contributed by atoms with E-state index in [2.05, 4.69) is 6.92 Å². The van der Waals surface area contributed by atoms with Crippen LogP contribution in [0.15, 0.2) is 24.3 Å². The molecule has 1 N–H and O–H groups in total. The fourth-order valence-corrected chi connectivity index (χ4v) is 2.01. The Bertz CT molecular complexity index is 331. The fourth-order valence-electron chi connectivity index (χ4n) is 2.01. The number of hydrogen-bond donors (Lipinski definition) is 1. The third-order valence-corrected chi connectivity index (χ3v) is 3.34. The molecule has 0 saturated heterocycles. The summed E-state index contributed by atoms with van der Waals surface area (Å²) in [4.78, 5) is 0. The molecule has 0 heterocycles. The van der Waals surface area contributed by atoms with Crippen molar-refractivity contribution in [3.63, 3.8) is 0 Å². The molecule has 0 spiro atoms. The van der Waals surface area contributed by atoms with Crippen LogP contribution in [0, 0.1) is 11.2 Å². The highest BCUT2D eigenvalue weighted by Gasteiger charge is 2.47. The second-order valence-corrected chi connectivity index (χ2v) is 4.17. The molecule has 1 nitrogen and oxygen atoms in total. The van der Waals surface area contributed by atoms with Gasteiger partial charge in [0.25, 0.3) is 0 Å². The summed E-state index contributed by atoms with van der Waals surface area (Å²) in [5, 5.41) is 10.1. The van der Waals surface area contributed by atoms with Gasteiger partial charge in [-0.2, -0.15) is 0 Å². The SMILES string of the molecule is CCC1(C(O)c2cccc(F)c2)CC1. The van der Waals surface area contributed by atoms with Crippen LogP contribution in [-0.2, 0) is 0 Å². The lowest BCUT2D eigenvalue weighted by Crippen LogP contribution is -2.12. The molecule has 1 aromatic carbocycles. The molecule has 1 aliphatic carbocycles. The van der Waals surface area contributed by atoms with Crippen molar-refractivity contribution in [2.45, 2.75) is 32.3 Å². The van der Waals surface area contributed by atoms with E-state index in [4.69, 9.17) is 0 Å². The molecule has 0 radical (unpaired) electrons. The van der Waals surface area contributed by atoms with Gasteiger partial charge in [0.15, 0.2) is 0 Å². The summed E-state index contributed by atoms with van der Waals surface area (Å²) >= 11 is 0. The van der Waals surface area contributed by atoms with Gasteiger partial charge in [-0.05, 0) is 37.0 Å². The largest absolute Gasteiger partial charge is 0.388 e. The molecule has 14 heavy (non-hydrogen) atoms. The Balaban J connectivity index is 2.23. The summed E-state index contributed by atoms with van der Waals surface area (Å²) in [7, 11) is 0. The number of rotatable bonds is 3. The number of aliphatic hydroxyl groups excluding tert-OH is 1. The smallest absolute Gasteiger partial charge is 0.123 e. The molecule has 1 aromatic rings. The second-order valence-electron chi connectivity index (χ2n) is 4.17. The van der Waals surface area contributed by atoms with Gasteiger partial charge in [0.1, 0.15) is 5.82 Å². The van der Waals surface area contributed by atoms with Gasteiger partial charge in [0.2, 0.25) is 0 Å². The maximum atomic E-state index is 12.9. The molecule has 1 fully saturated rings. The zero-order chi connectivity index (χ0) is 10.2. The number of aliphatic hydroxyl groups is 1. The Kier molecular flexibility index (Phi) is 2.31. The summed E-state index contributed by atoms with van der Waals surface area (Å²) in [6, 6.07) is 6.28. The second kappa shape index (κ2) is 3.35. The lowest BCUT2D eigenvalue weighted by molar-refractivity contribution is 0.0899. The van der Waals surface area contributed by atoms with Crippen molar-refractivity contribution in [3.05, 3.63) is 35.6 Å². The Hall–Kier alpha value is -0.890. The highest BCUT2D eigenvalue weighted by Crippen LogP contribution is 2.57. The standard InChI is InChI=1S/C12H15FO/c1-2-12(6-7-12)11(14)9-4-3-5-10(13)8-9/h3-5,8,11,14H,2,6-7H2,1H3. The Labute approximate surface area is 83.6 Å². The lowest BCUT2D eigenvalue weighted by Gasteiger charge is -2.20. The van der Waals surface area contributed by atoms with Crippen LogP contribution in [0.4, 0.5) is 4.39 Å². The minimum absolute atomic E-state index is 0.0355. The average molecular weight is 194 g/mol. The molecule has 76 valence electrons. The van der Waals surface area contributed by atoms with E-state index in [1.165, 1.54) is 12.1 Å². The van der Waals surface area contributed by atoms with Crippen LogP contribution < -0.4 is 0 Å². The summed E-state index contributed by atoms with van der Waals surface area (Å²) in [6.45, 7) is 2.08. The van der Waals surface area contributed by atoms with Crippen LogP contribution in [0.2, 0.25) is 0 Å². The van der Waals surface area contributed by atoms with Gasteiger partial charge < -0.3 is 5.11 Å². The molecule has 1 saturated carbocycles. The Morgan fingerprint density at radius 3 is 2.71 bits per heavy atom. The average Bonchev–Trinajstić information content (AvgIpc) is 2.97. The van der Waals surface area contributed by atoms with E-state index in [-0.39, 0.29) is 11.2 Å². The van der Waals surface area contributed by atoms with Crippen molar-refractivity contribution < 1.29 is 9.50 Å².